The second-order valence-electron chi connectivity index (χ2n) is 4.66. The van der Waals surface area contributed by atoms with Gasteiger partial charge in [0.2, 0.25) is 0 Å². The monoisotopic (exact) mass is 277 g/mol. The fourth-order valence-electron chi connectivity index (χ4n) is 1.66. The molecule has 0 aliphatic heterocycles. The highest BCUT2D eigenvalue weighted by Gasteiger charge is 2.31. The topological polar surface area (TPSA) is 44.5 Å². The summed E-state index contributed by atoms with van der Waals surface area (Å²) in [6.07, 6.45) is -4.15. The predicted octanol–water partition coefficient (Wildman–Crippen LogP) is 2.88. The van der Waals surface area contributed by atoms with Crippen molar-refractivity contribution in [1.82, 2.24) is 0 Å². The van der Waals surface area contributed by atoms with Gasteiger partial charge in [0.1, 0.15) is 5.75 Å². The summed E-state index contributed by atoms with van der Waals surface area (Å²) in [5, 5.41) is 0. The maximum atomic E-state index is 12.0. The third-order valence-corrected chi connectivity index (χ3v) is 2.40. The predicted molar refractivity (Wildman–Crippen MR) is 65.9 cm³/mol. The fourth-order valence-corrected chi connectivity index (χ4v) is 1.66. The van der Waals surface area contributed by atoms with Gasteiger partial charge < -0.3 is 15.2 Å². The van der Waals surface area contributed by atoms with E-state index in [4.69, 9.17) is 10.5 Å². The van der Waals surface area contributed by atoms with Crippen molar-refractivity contribution >= 4 is 0 Å². The molecule has 0 spiro atoms. The molecule has 0 aliphatic carbocycles. The van der Waals surface area contributed by atoms with Gasteiger partial charge in [-0.05, 0) is 38.0 Å². The van der Waals surface area contributed by atoms with Crippen molar-refractivity contribution in [1.29, 1.82) is 0 Å². The minimum absolute atomic E-state index is 0.236. The summed E-state index contributed by atoms with van der Waals surface area (Å²) >= 11 is 0. The van der Waals surface area contributed by atoms with E-state index in [0.717, 1.165) is 5.56 Å². The third kappa shape index (κ3) is 6.45. The molecular weight excluding hydrogens is 259 g/mol. The van der Waals surface area contributed by atoms with E-state index >= 15 is 0 Å². The summed E-state index contributed by atoms with van der Waals surface area (Å²) in [7, 11) is 0. The zero-order valence-electron chi connectivity index (χ0n) is 11.0. The largest absolute Gasteiger partial charge is 0.573 e. The first kappa shape index (κ1) is 15.8. The molecule has 1 atom stereocenters. The quantitative estimate of drug-likeness (QED) is 0.869. The summed E-state index contributed by atoms with van der Waals surface area (Å²) < 4.78 is 45.0. The molecule has 0 saturated carbocycles. The summed E-state index contributed by atoms with van der Waals surface area (Å²) in [4.78, 5) is 0. The Morgan fingerprint density at radius 2 is 1.74 bits per heavy atom. The molecule has 2 N–H and O–H groups in total. The molecule has 3 nitrogen and oxygen atoms in total. The number of rotatable bonds is 6. The molecule has 0 fully saturated rings. The first-order valence-electron chi connectivity index (χ1n) is 5.93. The maximum Gasteiger partial charge on any atom is 0.573 e. The Bertz CT molecular complexity index is 388. The average Bonchev–Trinajstić information content (AvgIpc) is 2.27. The third-order valence-electron chi connectivity index (χ3n) is 2.40. The molecule has 1 aromatic carbocycles. The van der Waals surface area contributed by atoms with Crippen LogP contribution in [-0.2, 0) is 11.2 Å². The van der Waals surface area contributed by atoms with Gasteiger partial charge in [-0.25, -0.2) is 0 Å². The van der Waals surface area contributed by atoms with Crippen molar-refractivity contribution in [3.05, 3.63) is 29.8 Å². The number of benzene rings is 1. The second kappa shape index (κ2) is 6.25. The smallest absolute Gasteiger partial charge is 0.406 e. The van der Waals surface area contributed by atoms with Crippen LogP contribution in [0, 0.1) is 0 Å². The van der Waals surface area contributed by atoms with Gasteiger partial charge in [0.05, 0.1) is 6.61 Å². The Kier molecular flexibility index (Phi) is 5.20. The normalized spacial score (nSPS) is 15.1. The van der Waals surface area contributed by atoms with Gasteiger partial charge in [-0.3, -0.25) is 0 Å². The van der Waals surface area contributed by atoms with Crippen LogP contribution in [0.3, 0.4) is 0 Å². The Balaban J connectivity index is 2.61. The Labute approximate surface area is 110 Å². The standard InChI is InChI=1S/C13H18F3NO2/c1-3-18-9-12(2,17)8-10-4-6-11(7-5-10)19-13(14,15)16/h4-7H,3,8-9,17H2,1-2H3. The molecule has 108 valence electrons. The summed E-state index contributed by atoms with van der Waals surface area (Å²) in [5.41, 5.74) is 6.32. The number of ether oxygens (including phenoxy) is 2. The molecule has 0 radical (unpaired) electrons. The van der Waals surface area contributed by atoms with E-state index in [-0.39, 0.29) is 5.75 Å². The van der Waals surface area contributed by atoms with Gasteiger partial charge in [-0.15, -0.1) is 13.2 Å². The Morgan fingerprint density at radius 1 is 1.16 bits per heavy atom. The minimum Gasteiger partial charge on any atom is -0.406 e. The molecule has 0 aliphatic rings. The molecular formula is C13H18F3NO2. The second-order valence-corrected chi connectivity index (χ2v) is 4.66. The maximum absolute atomic E-state index is 12.0. The van der Waals surface area contributed by atoms with Gasteiger partial charge in [0, 0.05) is 12.1 Å². The van der Waals surface area contributed by atoms with Crippen LogP contribution in [0.15, 0.2) is 24.3 Å². The SMILES string of the molecule is CCOCC(C)(N)Cc1ccc(OC(F)(F)F)cc1. The minimum atomic E-state index is -4.67. The van der Waals surface area contributed by atoms with Crippen LogP contribution in [0.25, 0.3) is 0 Å². The van der Waals surface area contributed by atoms with Crippen LogP contribution >= 0.6 is 0 Å². The molecule has 6 heteroatoms. The molecule has 1 rings (SSSR count). The van der Waals surface area contributed by atoms with E-state index in [1.165, 1.54) is 12.1 Å². The number of hydrogen-bond acceptors (Lipinski definition) is 3. The van der Waals surface area contributed by atoms with Gasteiger partial charge in [0.25, 0.3) is 0 Å². The van der Waals surface area contributed by atoms with Gasteiger partial charge in [-0.2, -0.15) is 0 Å². The highest BCUT2D eigenvalue weighted by atomic mass is 19.4. The van der Waals surface area contributed by atoms with E-state index in [1.807, 2.05) is 13.8 Å². The van der Waals surface area contributed by atoms with Crippen molar-refractivity contribution in [3.63, 3.8) is 0 Å². The van der Waals surface area contributed by atoms with Crippen LogP contribution in [0.5, 0.6) is 5.75 Å². The molecule has 0 saturated heterocycles. The zero-order chi connectivity index (χ0) is 14.5. The van der Waals surface area contributed by atoms with Crippen molar-refractivity contribution in [3.8, 4) is 5.75 Å². The molecule has 0 heterocycles. The van der Waals surface area contributed by atoms with Gasteiger partial charge in [0.15, 0.2) is 0 Å². The lowest BCUT2D eigenvalue weighted by Gasteiger charge is -2.24. The Morgan fingerprint density at radius 3 is 2.21 bits per heavy atom. The van der Waals surface area contributed by atoms with E-state index in [0.29, 0.717) is 19.6 Å². The van der Waals surface area contributed by atoms with Crippen molar-refractivity contribution in [2.45, 2.75) is 32.2 Å². The Hall–Kier alpha value is -1.27. The van der Waals surface area contributed by atoms with Gasteiger partial charge >= 0.3 is 6.36 Å². The lowest BCUT2D eigenvalue weighted by atomic mass is 9.95. The summed E-state index contributed by atoms with van der Waals surface area (Å²) in [5.74, 6) is -0.236. The first-order valence-corrected chi connectivity index (χ1v) is 5.93. The van der Waals surface area contributed by atoms with Crippen molar-refractivity contribution < 1.29 is 22.6 Å². The molecule has 1 aromatic rings. The van der Waals surface area contributed by atoms with Gasteiger partial charge in [-0.1, -0.05) is 12.1 Å². The summed E-state index contributed by atoms with van der Waals surface area (Å²) in [6, 6.07) is 5.69. The summed E-state index contributed by atoms with van der Waals surface area (Å²) in [6.45, 7) is 4.68. The number of hydrogen-bond donors (Lipinski definition) is 1. The fraction of sp³-hybridized carbons (Fsp3) is 0.538. The van der Waals surface area contributed by atoms with Crippen LogP contribution in [0.4, 0.5) is 13.2 Å². The van der Waals surface area contributed by atoms with Crippen LogP contribution in [0.2, 0.25) is 0 Å². The molecule has 1 unspecified atom stereocenters. The van der Waals surface area contributed by atoms with Crippen molar-refractivity contribution in [2.75, 3.05) is 13.2 Å². The highest BCUT2D eigenvalue weighted by Crippen LogP contribution is 2.23. The van der Waals surface area contributed by atoms with E-state index in [2.05, 4.69) is 4.74 Å². The first-order chi connectivity index (χ1) is 8.72. The van der Waals surface area contributed by atoms with Crippen molar-refractivity contribution in [2.24, 2.45) is 5.73 Å². The number of nitrogens with two attached hydrogens (primary N) is 1. The molecule has 0 aromatic heterocycles. The van der Waals surface area contributed by atoms with Crippen LogP contribution in [-0.4, -0.2) is 25.1 Å². The van der Waals surface area contributed by atoms with Crippen LogP contribution in [0.1, 0.15) is 19.4 Å². The average molecular weight is 277 g/mol. The highest BCUT2D eigenvalue weighted by molar-refractivity contribution is 5.28. The molecule has 0 bridgehead atoms. The van der Waals surface area contributed by atoms with E-state index < -0.39 is 11.9 Å². The lowest BCUT2D eigenvalue weighted by molar-refractivity contribution is -0.274. The molecule has 19 heavy (non-hydrogen) atoms. The lowest BCUT2D eigenvalue weighted by Crippen LogP contribution is -2.43. The molecule has 0 amide bonds. The van der Waals surface area contributed by atoms with E-state index in [9.17, 15) is 13.2 Å². The number of halogens is 3. The van der Waals surface area contributed by atoms with E-state index in [1.54, 1.807) is 12.1 Å². The zero-order valence-corrected chi connectivity index (χ0v) is 11.0. The van der Waals surface area contributed by atoms with Crippen LogP contribution < -0.4 is 10.5 Å². The number of alkyl halides is 3.